The average molecular weight is 254 g/mol. The molecule has 2 heterocycles. The van der Waals surface area contributed by atoms with Gasteiger partial charge in [0.25, 0.3) is 0 Å². The third-order valence-electron chi connectivity index (χ3n) is 3.48. The van der Waals surface area contributed by atoms with Crippen LogP contribution in [0.2, 0.25) is 0 Å². The monoisotopic (exact) mass is 254 g/mol. The molecule has 0 saturated heterocycles. The molecule has 5 nitrogen and oxygen atoms in total. The normalized spacial score (nSPS) is 13.8. The van der Waals surface area contributed by atoms with Crippen molar-refractivity contribution in [1.82, 2.24) is 10.2 Å². The van der Waals surface area contributed by atoms with Gasteiger partial charge in [-0.25, -0.2) is 0 Å². The highest BCUT2D eigenvalue weighted by atomic mass is 16.2. The minimum atomic E-state index is 0.117. The highest BCUT2D eigenvalue weighted by Crippen LogP contribution is 2.31. The summed E-state index contributed by atoms with van der Waals surface area (Å²) in [6.45, 7) is 1.90. The van der Waals surface area contributed by atoms with E-state index < -0.39 is 0 Å². The number of aryl methyl sites for hydroxylation is 1. The first-order chi connectivity index (χ1) is 9.06. The Bertz CT molecular complexity index is 681. The smallest absolute Gasteiger partial charge is 0.231 e. The minimum absolute atomic E-state index is 0.117. The van der Waals surface area contributed by atoms with E-state index >= 15 is 0 Å². The lowest BCUT2D eigenvalue weighted by Crippen LogP contribution is -2.20. The predicted molar refractivity (Wildman–Crippen MR) is 73.7 cm³/mol. The summed E-state index contributed by atoms with van der Waals surface area (Å²) < 4.78 is 0. The van der Waals surface area contributed by atoms with E-state index in [9.17, 15) is 4.79 Å². The SMILES string of the molecule is Cc1cc(-c2ccc3c(c2)CC(=O)N3C)nnc1N. The molecule has 0 unspecified atom stereocenters. The van der Waals surface area contributed by atoms with E-state index in [-0.39, 0.29) is 5.91 Å². The zero-order valence-corrected chi connectivity index (χ0v) is 10.8. The van der Waals surface area contributed by atoms with Gasteiger partial charge in [0.15, 0.2) is 0 Å². The van der Waals surface area contributed by atoms with Crippen molar-refractivity contribution < 1.29 is 4.79 Å². The maximum absolute atomic E-state index is 11.7. The Morgan fingerprint density at radius 3 is 2.79 bits per heavy atom. The van der Waals surface area contributed by atoms with Crippen molar-refractivity contribution in [3.05, 3.63) is 35.4 Å². The molecule has 0 atom stereocenters. The number of aromatic nitrogens is 2. The minimum Gasteiger partial charge on any atom is -0.382 e. The van der Waals surface area contributed by atoms with Gasteiger partial charge in [0.1, 0.15) is 5.82 Å². The maximum atomic E-state index is 11.7. The summed E-state index contributed by atoms with van der Waals surface area (Å²) in [6, 6.07) is 7.80. The van der Waals surface area contributed by atoms with Crippen molar-refractivity contribution in [1.29, 1.82) is 0 Å². The first-order valence-electron chi connectivity index (χ1n) is 6.06. The van der Waals surface area contributed by atoms with Gasteiger partial charge in [-0.2, -0.15) is 0 Å². The van der Waals surface area contributed by atoms with Crippen LogP contribution >= 0.6 is 0 Å². The summed E-state index contributed by atoms with van der Waals surface area (Å²) in [4.78, 5) is 13.3. The number of hydrogen-bond donors (Lipinski definition) is 1. The van der Waals surface area contributed by atoms with Gasteiger partial charge in [-0.05, 0) is 36.2 Å². The van der Waals surface area contributed by atoms with Crippen molar-refractivity contribution in [2.24, 2.45) is 0 Å². The lowest BCUT2D eigenvalue weighted by Gasteiger charge is -2.10. The molecule has 0 spiro atoms. The summed E-state index contributed by atoms with van der Waals surface area (Å²) in [6.07, 6.45) is 0.445. The molecule has 5 heteroatoms. The number of fused-ring (bicyclic) bond motifs is 1. The Labute approximate surface area is 111 Å². The molecular weight excluding hydrogens is 240 g/mol. The van der Waals surface area contributed by atoms with E-state index in [2.05, 4.69) is 10.2 Å². The molecule has 0 saturated carbocycles. The van der Waals surface area contributed by atoms with Crippen molar-refractivity contribution in [3.63, 3.8) is 0 Å². The van der Waals surface area contributed by atoms with Gasteiger partial charge in [0.2, 0.25) is 5.91 Å². The summed E-state index contributed by atoms with van der Waals surface area (Å²) in [5.41, 5.74) is 10.3. The number of amides is 1. The second-order valence-corrected chi connectivity index (χ2v) is 4.77. The van der Waals surface area contributed by atoms with Crippen LogP contribution in [0.3, 0.4) is 0 Å². The quantitative estimate of drug-likeness (QED) is 0.838. The van der Waals surface area contributed by atoms with Crippen LogP contribution in [0, 0.1) is 6.92 Å². The fraction of sp³-hybridized carbons (Fsp3) is 0.214. The van der Waals surface area contributed by atoms with Gasteiger partial charge in [-0.15, -0.1) is 10.2 Å². The van der Waals surface area contributed by atoms with Crippen LogP contribution in [-0.2, 0) is 11.2 Å². The van der Waals surface area contributed by atoms with E-state index in [0.29, 0.717) is 12.2 Å². The second kappa shape index (κ2) is 4.05. The van der Waals surface area contributed by atoms with Crippen molar-refractivity contribution in [2.75, 3.05) is 17.7 Å². The van der Waals surface area contributed by atoms with Crippen LogP contribution in [0.5, 0.6) is 0 Å². The Morgan fingerprint density at radius 1 is 1.26 bits per heavy atom. The molecule has 1 aliphatic rings. The number of carbonyl (C=O) groups excluding carboxylic acids is 1. The van der Waals surface area contributed by atoms with Gasteiger partial charge in [0, 0.05) is 18.3 Å². The van der Waals surface area contributed by atoms with E-state index in [4.69, 9.17) is 5.73 Å². The maximum Gasteiger partial charge on any atom is 0.231 e. The number of anilines is 2. The lowest BCUT2D eigenvalue weighted by atomic mass is 10.0. The number of carbonyl (C=O) groups is 1. The fourth-order valence-corrected chi connectivity index (χ4v) is 2.27. The standard InChI is InChI=1S/C14H14N4O/c1-8-5-11(16-17-14(8)15)9-3-4-12-10(6-9)7-13(19)18(12)2/h3-6H,7H2,1-2H3,(H2,15,17). The predicted octanol–water partition coefficient (Wildman–Crippen LogP) is 1.55. The number of nitrogens with two attached hydrogens (primary N) is 1. The zero-order valence-electron chi connectivity index (χ0n) is 10.8. The molecule has 3 rings (SSSR count). The van der Waals surface area contributed by atoms with Crippen LogP contribution in [0.4, 0.5) is 11.5 Å². The topological polar surface area (TPSA) is 72.1 Å². The van der Waals surface area contributed by atoms with Crippen LogP contribution in [-0.4, -0.2) is 23.2 Å². The van der Waals surface area contributed by atoms with Crippen molar-refractivity contribution in [3.8, 4) is 11.3 Å². The van der Waals surface area contributed by atoms with Crippen molar-refractivity contribution in [2.45, 2.75) is 13.3 Å². The highest BCUT2D eigenvalue weighted by Gasteiger charge is 2.24. The molecule has 2 N–H and O–H groups in total. The Kier molecular flexibility index (Phi) is 2.48. The van der Waals surface area contributed by atoms with Gasteiger partial charge >= 0.3 is 0 Å². The van der Waals surface area contributed by atoms with Crippen molar-refractivity contribution >= 4 is 17.4 Å². The number of hydrogen-bond acceptors (Lipinski definition) is 4. The molecule has 1 aromatic carbocycles. The van der Waals surface area contributed by atoms with Crippen LogP contribution in [0.1, 0.15) is 11.1 Å². The average Bonchev–Trinajstić information content (AvgIpc) is 2.68. The van der Waals surface area contributed by atoms with E-state index in [1.165, 1.54) is 0 Å². The molecular formula is C14H14N4O. The number of nitrogen functional groups attached to an aromatic ring is 1. The molecule has 96 valence electrons. The molecule has 0 aliphatic carbocycles. The molecule has 19 heavy (non-hydrogen) atoms. The Balaban J connectivity index is 2.06. The molecule has 1 amide bonds. The lowest BCUT2D eigenvalue weighted by molar-refractivity contribution is -0.117. The summed E-state index contributed by atoms with van der Waals surface area (Å²) in [7, 11) is 1.79. The highest BCUT2D eigenvalue weighted by molar-refractivity contribution is 6.01. The molecule has 0 bridgehead atoms. The van der Waals surface area contributed by atoms with E-state index in [1.54, 1.807) is 11.9 Å². The number of nitrogens with zero attached hydrogens (tertiary/aromatic N) is 3. The van der Waals surface area contributed by atoms with E-state index in [1.807, 2.05) is 31.2 Å². The second-order valence-electron chi connectivity index (χ2n) is 4.77. The van der Waals surface area contributed by atoms with Gasteiger partial charge in [-0.1, -0.05) is 6.07 Å². The van der Waals surface area contributed by atoms with E-state index in [0.717, 1.165) is 28.1 Å². The van der Waals surface area contributed by atoms with Crippen LogP contribution < -0.4 is 10.6 Å². The summed E-state index contributed by atoms with van der Waals surface area (Å²) in [5.74, 6) is 0.562. The molecule has 2 aromatic rings. The largest absolute Gasteiger partial charge is 0.382 e. The fourth-order valence-electron chi connectivity index (χ4n) is 2.27. The summed E-state index contributed by atoms with van der Waals surface area (Å²) >= 11 is 0. The van der Waals surface area contributed by atoms with Crippen LogP contribution in [0.15, 0.2) is 24.3 Å². The number of likely N-dealkylation sites (N-methyl/N-ethyl adjacent to an activating group) is 1. The Morgan fingerprint density at radius 2 is 2.05 bits per heavy atom. The molecule has 0 fully saturated rings. The molecule has 0 radical (unpaired) electrons. The third-order valence-corrected chi connectivity index (χ3v) is 3.48. The number of rotatable bonds is 1. The molecule has 1 aromatic heterocycles. The van der Waals surface area contributed by atoms with Crippen LogP contribution in [0.25, 0.3) is 11.3 Å². The van der Waals surface area contributed by atoms with Gasteiger partial charge < -0.3 is 10.6 Å². The first-order valence-corrected chi connectivity index (χ1v) is 6.06. The number of benzene rings is 1. The van der Waals surface area contributed by atoms with Gasteiger partial charge in [0.05, 0.1) is 12.1 Å². The summed E-state index contributed by atoms with van der Waals surface area (Å²) in [5, 5.41) is 8.03. The third kappa shape index (κ3) is 1.83. The molecule has 1 aliphatic heterocycles. The Hall–Kier alpha value is -2.43. The van der Waals surface area contributed by atoms with Gasteiger partial charge in [-0.3, -0.25) is 4.79 Å². The first kappa shape index (κ1) is 11.6. The zero-order chi connectivity index (χ0) is 13.6.